The number of carbonyl (C=O) groups excluding carboxylic acids is 1. The monoisotopic (exact) mass is 545 g/mol. The Hall–Kier alpha value is -3.99. The lowest BCUT2D eigenvalue weighted by Gasteiger charge is -2.17. The average molecular weight is 546 g/mol. The standard InChI is InChI=1S/C30H32FN5O4/c1-20-26(36(24-7-5-4-6-8-24)34-29(20)22-9-10-28(39-3)33-18-22)17-25(37)15-23-19-35(13-14-38-2)40-30(23)21-11-12-32-27(31)16-21/h4-12,16,18,23,30H,13-15,17,19H2,1-3H3/t23-,30+/m1/s1. The number of halogens is 1. The number of methoxy groups -OCH3 is 2. The number of ether oxygens (including phenoxy) is 2. The number of benzene rings is 1. The van der Waals surface area contributed by atoms with Crippen LogP contribution in [0.3, 0.4) is 0 Å². The molecule has 1 saturated heterocycles. The van der Waals surface area contributed by atoms with Gasteiger partial charge in [-0.25, -0.2) is 14.6 Å². The van der Waals surface area contributed by atoms with Crippen LogP contribution < -0.4 is 4.74 Å². The first kappa shape index (κ1) is 27.6. The second kappa shape index (κ2) is 12.5. The molecule has 10 heteroatoms. The fraction of sp³-hybridized carbons (Fsp3) is 0.333. The number of nitrogens with zero attached hydrogens (tertiary/aromatic N) is 5. The summed E-state index contributed by atoms with van der Waals surface area (Å²) in [6.45, 7) is 3.53. The van der Waals surface area contributed by atoms with Gasteiger partial charge in [-0.3, -0.25) is 9.63 Å². The molecule has 0 radical (unpaired) electrons. The van der Waals surface area contributed by atoms with E-state index in [1.54, 1.807) is 37.6 Å². The van der Waals surface area contributed by atoms with Gasteiger partial charge in [-0.1, -0.05) is 18.2 Å². The molecule has 0 unspecified atom stereocenters. The van der Waals surface area contributed by atoms with Crippen molar-refractivity contribution in [1.82, 2.24) is 24.8 Å². The third kappa shape index (κ3) is 6.09. The van der Waals surface area contributed by atoms with Crippen LogP contribution in [0.5, 0.6) is 5.88 Å². The van der Waals surface area contributed by atoms with Crippen molar-refractivity contribution in [3.8, 4) is 22.8 Å². The molecule has 0 saturated carbocycles. The third-order valence-corrected chi connectivity index (χ3v) is 7.07. The maximum absolute atomic E-state index is 13.9. The van der Waals surface area contributed by atoms with Crippen LogP contribution in [0.25, 0.3) is 16.9 Å². The number of ketones is 1. The highest BCUT2D eigenvalue weighted by molar-refractivity contribution is 5.82. The van der Waals surface area contributed by atoms with E-state index >= 15 is 0 Å². The van der Waals surface area contributed by atoms with Gasteiger partial charge in [0.2, 0.25) is 11.8 Å². The molecule has 40 heavy (non-hydrogen) atoms. The number of hydrogen-bond acceptors (Lipinski definition) is 8. The third-order valence-electron chi connectivity index (χ3n) is 7.07. The summed E-state index contributed by atoms with van der Waals surface area (Å²) >= 11 is 0. The molecule has 0 spiro atoms. The first-order chi connectivity index (χ1) is 19.5. The van der Waals surface area contributed by atoms with Crippen molar-refractivity contribution >= 4 is 5.78 Å². The summed E-state index contributed by atoms with van der Waals surface area (Å²) in [5, 5.41) is 6.69. The van der Waals surface area contributed by atoms with Gasteiger partial charge in [-0.15, -0.1) is 0 Å². The van der Waals surface area contributed by atoms with E-state index < -0.39 is 12.1 Å². The Kier molecular flexibility index (Phi) is 8.59. The maximum Gasteiger partial charge on any atom is 0.213 e. The van der Waals surface area contributed by atoms with Crippen molar-refractivity contribution in [3.05, 3.63) is 89.8 Å². The SMILES string of the molecule is COCCN1C[C@@H](CC(=O)Cc2c(C)c(-c3ccc(OC)nc3)nn2-c2ccccc2)[C@H](c2ccnc(F)c2)O1. The molecule has 1 fully saturated rings. The molecule has 208 valence electrons. The first-order valence-corrected chi connectivity index (χ1v) is 13.1. The van der Waals surface area contributed by atoms with E-state index in [0.717, 1.165) is 28.2 Å². The van der Waals surface area contributed by atoms with Crippen molar-refractivity contribution in [2.75, 3.05) is 33.9 Å². The Labute approximate surface area is 232 Å². The molecule has 1 aliphatic heterocycles. The van der Waals surface area contributed by atoms with Crippen LogP contribution in [0.2, 0.25) is 0 Å². The molecule has 1 aliphatic rings. The van der Waals surface area contributed by atoms with E-state index in [1.165, 1.54) is 12.3 Å². The molecule has 1 aromatic carbocycles. The fourth-order valence-electron chi connectivity index (χ4n) is 5.07. The molecule has 2 atom stereocenters. The minimum Gasteiger partial charge on any atom is -0.481 e. The molecule has 5 rings (SSSR count). The van der Waals surface area contributed by atoms with Gasteiger partial charge in [0.25, 0.3) is 0 Å². The van der Waals surface area contributed by atoms with Crippen molar-refractivity contribution in [2.24, 2.45) is 5.92 Å². The van der Waals surface area contributed by atoms with Gasteiger partial charge < -0.3 is 9.47 Å². The summed E-state index contributed by atoms with van der Waals surface area (Å²) in [4.78, 5) is 27.8. The molecule has 4 aromatic rings. The van der Waals surface area contributed by atoms with Crippen LogP contribution in [0.1, 0.15) is 29.3 Å². The lowest BCUT2D eigenvalue weighted by Crippen LogP contribution is -2.24. The molecule has 3 aromatic heterocycles. The largest absolute Gasteiger partial charge is 0.481 e. The summed E-state index contributed by atoms with van der Waals surface area (Å²) in [7, 11) is 3.20. The van der Waals surface area contributed by atoms with E-state index in [1.807, 2.05) is 48.0 Å². The van der Waals surface area contributed by atoms with Crippen LogP contribution in [-0.2, 0) is 20.8 Å². The second-order valence-corrected chi connectivity index (χ2v) is 9.76. The number of pyridine rings is 2. The van der Waals surface area contributed by atoms with Crippen LogP contribution >= 0.6 is 0 Å². The molecule has 0 amide bonds. The number of para-hydroxylation sites is 1. The summed E-state index contributed by atoms with van der Waals surface area (Å²) in [5.41, 5.74) is 4.82. The topological polar surface area (TPSA) is 91.6 Å². The van der Waals surface area contributed by atoms with E-state index in [-0.39, 0.29) is 24.5 Å². The Morgan fingerprint density at radius 1 is 1.12 bits per heavy atom. The Morgan fingerprint density at radius 3 is 2.65 bits per heavy atom. The zero-order valence-corrected chi connectivity index (χ0v) is 22.8. The van der Waals surface area contributed by atoms with Crippen LogP contribution in [0.15, 0.2) is 67.0 Å². The highest BCUT2D eigenvalue weighted by Gasteiger charge is 2.37. The molecule has 0 N–H and O–H groups in total. The minimum atomic E-state index is -0.579. The van der Waals surface area contributed by atoms with Gasteiger partial charge in [-0.2, -0.15) is 14.6 Å². The quantitative estimate of drug-likeness (QED) is 0.254. The zero-order chi connectivity index (χ0) is 28.1. The van der Waals surface area contributed by atoms with E-state index in [9.17, 15) is 9.18 Å². The van der Waals surface area contributed by atoms with Gasteiger partial charge in [0.05, 0.1) is 30.8 Å². The number of Topliss-reactive ketones (excluding diaryl/α,β-unsaturated/α-hetero) is 1. The molecular weight excluding hydrogens is 513 g/mol. The zero-order valence-electron chi connectivity index (χ0n) is 22.8. The fourth-order valence-corrected chi connectivity index (χ4v) is 5.07. The molecule has 4 heterocycles. The van der Waals surface area contributed by atoms with Gasteiger partial charge in [0.15, 0.2) is 0 Å². The predicted molar refractivity (Wildman–Crippen MR) is 146 cm³/mol. The van der Waals surface area contributed by atoms with Gasteiger partial charge in [0.1, 0.15) is 11.9 Å². The smallest absolute Gasteiger partial charge is 0.213 e. The lowest BCUT2D eigenvalue weighted by molar-refractivity contribution is -0.155. The molecule has 9 nitrogen and oxygen atoms in total. The number of aromatic nitrogens is 4. The van der Waals surface area contributed by atoms with Crippen LogP contribution in [0.4, 0.5) is 4.39 Å². The van der Waals surface area contributed by atoms with Crippen LogP contribution in [-0.4, -0.2) is 64.5 Å². The highest BCUT2D eigenvalue weighted by Crippen LogP contribution is 2.37. The molecular formula is C30H32FN5O4. The van der Waals surface area contributed by atoms with E-state index in [0.29, 0.717) is 31.1 Å². The van der Waals surface area contributed by atoms with Gasteiger partial charge in [0, 0.05) is 63.0 Å². The van der Waals surface area contributed by atoms with Crippen molar-refractivity contribution < 1.29 is 23.5 Å². The normalized spacial score (nSPS) is 17.3. The van der Waals surface area contributed by atoms with Gasteiger partial charge >= 0.3 is 0 Å². The van der Waals surface area contributed by atoms with E-state index in [2.05, 4.69) is 9.97 Å². The lowest BCUT2D eigenvalue weighted by atomic mass is 9.91. The minimum absolute atomic E-state index is 0.0429. The number of hydrogen-bond donors (Lipinski definition) is 0. The van der Waals surface area contributed by atoms with Gasteiger partial charge in [-0.05, 0) is 48.4 Å². The number of hydroxylamine groups is 2. The Bertz CT molecular complexity index is 1440. The first-order valence-electron chi connectivity index (χ1n) is 13.1. The van der Waals surface area contributed by atoms with Crippen molar-refractivity contribution in [1.29, 1.82) is 0 Å². The van der Waals surface area contributed by atoms with Crippen LogP contribution in [0, 0.1) is 18.8 Å². The van der Waals surface area contributed by atoms with Crippen molar-refractivity contribution in [3.63, 3.8) is 0 Å². The highest BCUT2D eigenvalue weighted by atomic mass is 19.1. The summed E-state index contributed by atoms with van der Waals surface area (Å²) in [5.74, 6) is -0.183. The number of carbonyl (C=O) groups is 1. The van der Waals surface area contributed by atoms with E-state index in [4.69, 9.17) is 19.4 Å². The maximum atomic E-state index is 13.9. The second-order valence-electron chi connectivity index (χ2n) is 9.76. The van der Waals surface area contributed by atoms with Crippen molar-refractivity contribution in [2.45, 2.75) is 25.9 Å². The summed E-state index contributed by atoms with van der Waals surface area (Å²) in [6, 6.07) is 16.5. The number of rotatable bonds is 11. The Morgan fingerprint density at radius 2 is 1.95 bits per heavy atom. The predicted octanol–water partition coefficient (Wildman–Crippen LogP) is 4.54. The summed E-state index contributed by atoms with van der Waals surface area (Å²) in [6.07, 6.45) is 3.12. The molecule has 0 aliphatic carbocycles. The molecule has 0 bridgehead atoms. The Balaban J connectivity index is 1.42. The summed E-state index contributed by atoms with van der Waals surface area (Å²) < 4.78 is 26.2. The average Bonchev–Trinajstić information content (AvgIpc) is 3.52.